The lowest BCUT2D eigenvalue weighted by Gasteiger charge is -2.19. The number of rotatable bonds is 8. The van der Waals surface area contributed by atoms with E-state index in [0.29, 0.717) is 17.8 Å². The molecule has 6 nitrogen and oxygen atoms in total. The maximum atomic E-state index is 13.0. The molecule has 0 aliphatic rings. The predicted octanol–water partition coefficient (Wildman–Crippen LogP) is 4.29. The Morgan fingerprint density at radius 1 is 0.938 bits per heavy atom. The van der Waals surface area contributed by atoms with Gasteiger partial charge in [-0.25, -0.2) is 8.42 Å². The standard InChI is InChI=1S/C25H25N3O3S/c1-27(22-11-3-2-4-12-22)32(30,31)23-13-7-10-21(19-23)25(29)26-16-8-17-28-18-15-20-9-5-6-14-24(20)28/h2-7,9-15,18-19H,8,16-17H2,1H3,(H,26,29). The number of carbonyl (C=O) groups excluding carboxylic acids is 1. The van der Waals surface area contributed by atoms with Crippen LogP contribution in [0.5, 0.6) is 0 Å². The van der Waals surface area contributed by atoms with Crippen molar-refractivity contribution in [3.8, 4) is 0 Å². The zero-order chi connectivity index (χ0) is 22.6. The van der Waals surface area contributed by atoms with Gasteiger partial charge in [-0.1, -0.05) is 42.5 Å². The second-order valence-electron chi connectivity index (χ2n) is 7.51. The van der Waals surface area contributed by atoms with Gasteiger partial charge in [-0.3, -0.25) is 9.10 Å². The first-order valence-corrected chi connectivity index (χ1v) is 11.9. The Morgan fingerprint density at radius 2 is 1.69 bits per heavy atom. The van der Waals surface area contributed by atoms with Gasteiger partial charge in [0.05, 0.1) is 10.6 Å². The number of aromatic nitrogens is 1. The van der Waals surface area contributed by atoms with Crippen molar-refractivity contribution in [3.05, 3.63) is 96.7 Å². The Labute approximate surface area is 188 Å². The molecule has 0 fully saturated rings. The number of anilines is 1. The third-order valence-electron chi connectivity index (χ3n) is 5.42. The summed E-state index contributed by atoms with van der Waals surface area (Å²) in [7, 11) is -2.27. The number of nitrogens with zero attached hydrogens (tertiary/aromatic N) is 2. The SMILES string of the molecule is CN(c1ccccc1)S(=O)(=O)c1cccc(C(=O)NCCCn2ccc3ccccc32)c1. The van der Waals surface area contributed by atoms with E-state index in [1.54, 1.807) is 36.4 Å². The van der Waals surface area contributed by atoms with E-state index in [0.717, 1.165) is 13.0 Å². The molecule has 4 rings (SSSR count). The van der Waals surface area contributed by atoms with Crippen LogP contribution in [0.25, 0.3) is 10.9 Å². The predicted molar refractivity (Wildman–Crippen MR) is 127 cm³/mol. The number of hydrogen-bond acceptors (Lipinski definition) is 3. The summed E-state index contributed by atoms with van der Waals surface area (Å²) < 4.78 is 29.4. The molecule has 7 heteroatoms. The first-order valence-electron chi connectivity index (χ1n) is 10.4. The molecule has 164 valence electrons. The topological polar surface area (TPSA) is 71.4 Å². The van der Waals surface area contributed by atoms with E-state index in [2.05, 4.69) is 28.1 Å². The van der Waals surface area contributed by atoms with Gasteiger partial charge in [-0.15, -0.1) is 0 Å². The van der Waals surface area contributed by atoms with Gasteiger partial charge in [0.1, 0.15) is 0 Å². The fourth-order valence-electron chi connectivity index (χ4n) is 3.62. The number of benzene rings is 3. The molecule has 0 radical (unpaired) electrons. The molecule has 3 aromatic carbocycles. The van der Waals surface area contributed by atoms with Crippen molar-refractivity contribution >= 4 is 32.5 Å². The van der Waals surface area contributed by atoms with Crippen LogP contribution in [0.15, 0.2) is 96.0 Å². The van der Waals surface area contributed by atoms with E-state index in [1.165, 1.54) is 34.4 Å². The smallest absolute Gasteiger partial charge is 0.264 e. The van der Waals surface area contributed by atoms with Crippen LogP contribution in [0, 0.1) is 0 Å². The van der Waals surface area contributed by atoms with Crippen molar-refractivity contribution in [1.29, 1.82) is 0 Å². The van der Waals surface area contributed by atoms with Crippen LogP contribution < -0.4 is 9.62 Å². The van der Waals surface area contributed by atoms with Gasteiger partial charge in [-0.2, -0.15) is 0 Å². The van der Waals surface area contributed by atoms with Gasteiger partial charge in [-0.05, 0) is 54.3 Å². The van der Waals surface area contributed by atoms with Crippen LogP contribution in [-0.2, 0) is 16.6 Å². The molecule has 1 N–H and O–H groups in total. The minimum absolute atomic E-state index is 0.0790. The summed E-state index contributed by atoms with van der Waals surface area (Å²) in [4.78, 5) is 12.7. The maximum Gasteiger partial charge on any atom is 0.264 e. The molecule has 0 spiro atoms. The first kappa shape index (κ1) is 21.6. The van der Waals surface area contributed by atoms with Crippen LogP contribution in [0.3, 0.4) is 0 Å². The van der Waals surface area contributed by atoms with E-state index < -0.39 is 10.0 Å². The van der Waals surface area contributed by atoms with Gasteiger partial charge >= 0.3 is 0 Å². The lowest BCUT2D eigenvalue weighted by Crippen LogP contribution is -2.28. The number of fused-ring (bicyclic) bond motifs is 1. The van der Waals surface area contributed by atoms with Crippen molar-refractivity contribution in [1.82, 2.24) is 9.88 Å². The summed E-state index contributed by atoms with van der Waals surface area (Å²) in [6.07, 6.45) is 2.81. The monoisotopic (exact) mass is 447 g/mol. The lowest BCUT2D eigenvalue weighted by molar-refractivity contribution is 0.0952. The number of amides is 1. The highest BCUT2D eigenvalue weighted by Gasteiger charge is 2.22. The van der Waals surface area contributed by atoms with Gasteiger partial charge in [0.2, 0.25) is 0 Å². The molecule has 1 amide bonds. The van der Waals surface area contributed by atoms with Gasteiger partial charge in [0.15, 0.2) is 0 Å². The molecule has 0 saturated carbocycles. The van der Waals surface area contributed by atoms with Crippen molar-refractivity contribution in [2.75, 3.05) is 17.9 Å². The molecule has 0 aliphatic carbocycles. The number of para-hydroxylation sites is 2. The Hall–Kier alpha value is -3.58. The van der Waals surface area contributed by atoms with E-state index in [4.69, 9.17) is 0 Å². The number of aryl methyl sites for hydroxylation is 1. The number of hydrogen-bond donors (Lipinski definition) is 1. The Balaban J connectivity index is 1.39. The second kappa shape index (κ2) is 9.28. The van der Waals surface area contributed by atoms with E-state index in [1.807, 2.05) is 24.4 Å². The zero-order valence-corrected chi connectivity index (χ0v) is 18.6. The van der Waals surface area contributed by atoms with Gasteiger partial charge < -0.3 is 9.88 Å². The van der Waals surface area contributed by atoms with Crippen molar-refractivity contribution in [2.45, 2.75) is 17.9 Å². The molecule has 0 bridgehead atoms. The Kier molecular flexibility index (Phi) is 6.28. The molecule has 0 atom stereocenters. The molecular formula is C25H25N3O3S. The zero-order valence-electron chi connectivity index (χ0n) is 17.8. The fourth-order valence-corrected chi connectivity index (χ4v) is 4.86. The molecule has 0 unspecified atom stereocenters. The number of nitrogens with one attached hydrogen (secondary N) is 1. The van der Waals surface area contributed by atoms with Crippen molar-refractivity contribution < 1.29 is 13.2 Å². The first-order chi connectivity index (χ1) is 15.5. The minimum Gasteiger partial charge on any atom is -0.352 e. The third-order valence-corrected chi connectivity index (χ3v) is 7.20. The normalized spacial score (nSPS) is 11.4. The maximum absolute atomic E-state index is 13.0. The second-order valence-corrected chi connectivity index (χ2v) is 9.48. The van der Waals surface area contributed by atoms with Crippen LogP contribution >= 0.6 is 0 Å². The van der Waals surface area contributed by atoms with E-state index >= 15 is 0 Å². The molecule has 4 aromatic rings. The molecule has 1 heterocycles. The molecule has 0 aliphatic heterocycles. The average molecular weight is 448 g/mol. The average Bonchev–Trinajstić information content (AvgIpc) is 3.25. The van der Waals surface area contributed by atoms with E-state index in [-0.39, 0.29) is 10.8 Å². The minimum atomic E-state index is -3.77. The fraction of sp³-hybridized carbons (Fsp3) is 0.160. The lowest BCUT2D eigenvalue weighted by atomic mass is 10.2. The summed E-state index contributed by atoms with van der Waals surface area (Å²) in [6, 6.07) is 25.2. The van der Waals surface area contributed by atoms with Gasteiger partial charge in [0.25, 0.3) is 15.9 Å². The Bertz CT molecular complexity index is 1330. The summed E-state index contributed by atoms with van der Waals surface area (Å²) in [5, 5.41) is 4.08. The largest absolute Gasteiger partial charge is 0.352 e. The molecule has 32 heavy (non-hydrogen) atoms. The van der Waals surface area contributed by atoms with Gasteiger partial charge in [0, 0.05) is 37.4 Å². The van der Waals surface area contributed by atoms with Crippen molar-refractivity contribution in [2.24, 2.45) is 0 Å². The van der Waals surface area contributed by atoms with Crippen LogP contribution in [0.2, 0.25) is 0 Å². The Morgan fingerprint density at radius 3 is 2.50 bits per heavy atom. The summed E-state index contributed by atoms with van der Waals surface area (Å²) in [6.45, 7) is 1.27. The molecule has 0 saturated heterocycles. The number of sulfonamides is 1. The molecular weight excluding hydrogens is 422 g/mol. The van der Waals surface area contributed by atoms with Crippen LogP contribution in [0.1, 0.15) is 16.8 Å². The highest BCUT2D eigenvalue weighted by molar-refractivity contribution is 7.92. The van der Waals surface area contributed by atoms with Crippen LogP contribution in [-0.4, -0.2) is 32.5 Å². The molecule has 1 aromatic heterocycles. The van der Waals surface area contributed by atoms with Crippen LogP contribution in [0.4, 0.5) is 5.69 Å². The quantitative estimate of drug-likeness (QED) is 0.410. The highest BCUT2D eigenvalue weighted by atomic mass is 32.2. The van der Waals surface area contributed by atoms with Crippen molar-refractivity contribution in [3.63, 3.8) is 0 Å². The summed E-state index contributed by atoms with van der Waals surface area (Å²) in [5.74, 6) is -0.290. The summed E-state index contributed by atoms with van der Waals surface area (Å²) in [5.41, 5.74) is 2.04. The third kappa shape index (κ3) is 4.53. The highest BCUT2D eigenvalue weighted by Crippen LogP contribution is 2.22. The number of carbonyl (C=O) groups is 1. The summed E-state index contributed by atoms with van der Waals surface area (Å²) >= 11 is 0. The van der Waals surface area contributed by atoms with E-state index in [9.17, 15) is 13.2 Å².